The summed E-state index contributed by atoms with van der Waals surface area (Å²) in [5.41, 5.74) is -0.988. The zero-order chi connectivity index (χ0) is 24.0. The minimum Gasteiger partial charge on any atom is -0.459 e. The molecule has 2 N–H and O–H groups in total. The van der Waals surface area contributed by atoms with E-state index in [9.17, 15) is 14.7 Å². The van der Waals surface area contributed by atoms with Crippen LogP contribution in [0.1, 0.15) is 24.0 Å². The number of rotatable bonds is 7. The van der Waals surface area contributed by atoms with Gasteiger partial charge in [-0.05, 0) is 11.1 Å². The number of quaternary nitrogens is 1. The maximum Gasteiger partial charge on any atom is 0.347 e. The molecular weight excluding hydrogens is 434 g/mol. The number of nitrogens with zero attached hydrogens (tertiary/aromatic N) is 4. The first-order valence-corrected chi connectivity index (χ1v) is 11.2. The van der Waals surface area contributed by atoms with Gasteiger partial charge in [-0.1, -0.05) is 60.7 Å². The van der Waals surface area contributed by atoms with Crippen molar-refractivity contribution in [3.05, 3.63) is 84.4 Å². The monoisotopic (exact) mass is 462 g/mol. The Bertz CT molecular complexity index is 1060. The van der Waals surface area contributed by atoms with Crippen LogP contribution in [-0.4, -0.2) is 69.2 Å². The van der Waals surface area contributed by atoms with Gasteiger partial charge in [0, 0.05) is 12.8 Å². The topological polar surface area (TPSA) is 114 Å². The first-order chi connectivity index (χ1) is 16.4. The summed E-state index contributed by atoms with van der Waals surface area (Å²) in [6.45, 7) is 1.56. The molecule has 1 amide bonds. The third-order valence-corrected chi connectivity index (χ3v) is 6.20. The van der Waals surface area contributed by atoms with Gasteiger partial charge in [0.25, 0.3) is 5.91 Å². The van der Waals surface area contributed by atoms with Gasteiger partial charge in [-0.2, -0.15) is 0 Å². The lowest BCUT2D eigenvalue weighted by Gasteiger charge is -2.40. The van der Waals surface area contributed by atoms with Crippen LogP contribution in [0.15, 0.2) is 73.3 Å². The normalized spacial score (nSPS) is 20.4. The molecule has 3 aromatic rings. The van der Waals surface area contributed by atoms with E-state index in [1.54, 1.807) is 48.5 Å². The standard InChI is InChI=1S/C25H27N5O4/c1-30(16-22(31)29-24-27-17-26-18-28-24)14-12-21(13-15-30)34-23(32)25(33,19-8-4-2-5-9-19)20-10-6-3-7-11-20/h2-11,17-18,21,33H,12-16H2,1H3/p+1. The van der Waals surface area contributed by atoms with Crippen molar-refractivity contribution < 1.29 is 23.9 Å². The second-order valence-electron chi connectivity index (χ2n) is 8.78. The Morgan fingerprint density at radius 2 is 1.53 bits per heavy atom. The maximum absolute atomic E-state index is 13.3. The molecule has 1 aliphatic rings. The number of aliphatic hydroxyl groups is 1. The first kappa shape index (κ1) is 23.5. The molecule has 2 aromatic carbocycles. The van der Waals surface area contributed by atoms with Crippen LogP contribution in [0.4, 0.5) is 5.95 Å². The number of anilines is 1. The Kier molecular flexibility index (Phi) is 6.95. The van der Waals surface area contributed by atoms with E-state index < -0.39 is 11.6 Å². The highest BCUT2D eigenvalue weighted by Gasteiger charge is 2.44. The number of amides is 1. The zero-order valence-corrected chi connectivity index (χ0v) is 19.0. The van der Waals surface area contributed by atoms with E-state index in [-0.39, 0.29) is 24.5 Å². The molecule has 0 spiro atoms. The molecule has 0 aliphatic carbocycles. The average Bonchev–Trinajstić information content (AvgIpc) is 2.86. The number of hydrogen-bond acceptors (Lipinski definition) is 7. The molecule has 0 saturated carbocycles. The van der Waals surface area contributed by atoms with Gasteiger partial charge in [0.1, 0.15) is 18.8 Å². The summed E-state index contributed by atoms with van der Waals surface area (Å²) in [5.74, 6) is -0.665. The smallest absolute Gasteiger partial charge is 0.347 e. The molecular formula is C25H28N5O4+. The third-order valence-electron chi connectivity index (χ3n) is 6.20. The highest BCUT2D eigenvalue weighted by Crippen LogP contribution is 2.32. The van der Waals surface area contributed by atoms with Crippen molar-refractivity contribution >= 4 is 17.8 Å². The summed E-state index contributed by atoms with van der Waals surface area (Å²) in [6.07, 6.45) is 3.47. The first-order valence-electron chi connectivity index (χ1n) is 11.2. The minimum atomic E-state index is -1.90. The molecule has 0 atom stereocenters. The van der Waals surface area contributed by atoms with Gasteiger partial charge in [-0.25, -0.2) is 19.7 Å². The summed E-state index contributed by atoms with van der Waals surface area (Å²) < 4.78 is 6.34. The van der Waals surface area contributed by atoms with E-state index in [0.29, 0.717) is 41.5 Å². The lowest BCUT2D eigenvalue weighted by Crippen LogP contribution is -2.55. The van der Waals surface area contributed by atoms with E-state index in [2.05, 4.69) is 20.3 Å². The van der Waals surface area contributed by atoms with Crippen LogP contribution in [0.25, 0.3) is 0 Å². The quantitative estimate of drug-likeness (QED) is 0.407. The van der Waals surface area contributed by atoms with E-state index in [1.165, 1.54) is 12.7 Å². The number of carbonyl (C=O) groups excluding carboxylic acids is 2. The molecule has 9 nitrogen and oxygen atoms in total. The highest BCUT2D eigenvalue weighted by molar-refractivity contribution is 5.89. The number of nitrogens with one attached hydrogen (secondary N) is 1. The summed E-state index contributed by atoms with van der Waals surface area (Å²) >= 11 is 0. The number of piperidine rings is 1. The number of aromatic nitrogens is 3. The van der Waals surface area contributed by atoms with Gasteiger partial charge < -0.3 is 14.3 Å². The molecule has 9 heteroatoms. The van der Waals surface area contributed by atoms with Crippen LogP contribution in [0, 0.1) is 0 Å². The zero-order valence-electron chi connectivity index (χ0n) is 19.0. The van der Waals surface area contributed by atoms with Crippen LogP contribution in [0.5, 0.6) is 0 Å². The predicted molar refractivity (Wildman–Crippen MR) is 124 cm³/mol. The number of likely N-dealkylation sites (tertiary alicyclic amines) is 1. The SMILES string of the molecule is C[N+]1(CC(=O)Nc2ncncn2)CCC(OC(=O)C(O)(c2ccccc2)c2ccccc2)CC1. The largest absolute Gasteiger partial charge is 0.459 e. The molecule has 1 fully saturated rings. The lowest BCUT2D eigenvalue weighted by molar-refractivity contribution is -0.907. The van der Waals surface area contributed by atoms with E-state index in [4.69, 9.17) is 4.74 Å². The van der Waals surface area contributed by atoms with Crippen LogP contribution < -0.4 is 5.32 Å². The molecule has 0 radical (unpaired) electrons. The van der Waals surface area contributed by atoms with Gasteiger partial charge in [-0.3, -0.25) is 10.1 Å². The van der Waals surface area contributed by atoms with Gasteiger partial charge in [0.05, 0.1) is 20.1 Å². The summed E-state index contributed by atoms with van der Waals surface area (Å²) in [6, 6.07) is 17.6. The Balaban J connectivity index is 1.39. The van der Waals surface area contributed by atoms with Crippen molar-refractivity contribution in [1.29, 1.82) is 0 Å². The highest BCUT2D eigenvalue weighted by atomic mass is 16.6. The van der Waals surface area contributed by atoms with Gasteiger partial charge in [0.2, 0.25) is 11.5 Å². The van der Waals surface area contributed by atoms with Crippen LogP contribution in [0.2, 0.25) is 0 Å². The molecule has 34 heavy (non-hydrogen) atoms. The number of carbonyl (C=O) groups is 2. The van der Waals surface area contributed by atoms with Crippen molar-refractivity contribution in [3.8, 4) is 0 Å². The van der Waals surface area contributed by atoms with Crippen molar-refractivity contribution in [3.63, 3.8) is 0 Å². The van der Waals surface area contributed by atoms with Gasteiger partial charge in [-0.15, -0.1) is 0 Å². The molecule has 2 heterocycles. The molecule has 0 bridgehead atoms. The van der Waals surface area contributed by atoms with Crippen LogP contribution in [0.3, 0.4) is 0 Å². The predicted octanol–water partition coefficient (Wildman–Crippen LogP) is 1.90. The van der Waals surface area contributed by atoms with Crippen molar-refractivity contribution in [2.75, 3.05) is 32.0 Å². The van der Waals surface area contributed by atoms with Gasteiger partial charge in [0.15, 0.2) is 6.54 Å². The minimum absolute atomic E-state index is 0.188. The Morgan fingerprint density at radius 1 is 1.00 bits per heavy atom. The van der Waals surface area contributed by atoms with Crippen molar-refractivity contribution in [2.24, 2.45) is 0 Å². The number of hydrogen-bond donors (Lipinski definition) is 2. The van der Waals surface area contributed by atoms with E-state index in [1.807, 2.05) is 19.2 Å². The maximum atomic E-state index is 13.3. The van der Waals surface area contributed by atoms with Crippen molar-refractivity contribution in [2.45, 2.75) is 24.5 Å². The molecule has 1 saturated heterocycles. The molecule has 0 unspecified atom stereocenters. The molecule has 4 rings (SSSR count). The molecule has 176 valence electrons. The van der Waals surface area contributed by atoms with E-state index in [0.717, 1.165) is 0 Å². The van der Waals surface area contributed by atoms with E-state index >= 15 is 0 Å². The van der Waals surface area contributed by atoms with Crippen LogP contribution >= 0.6 is 0 Å². The van der Waals surface area contributed by atoms with Gasteiger partial charge >= 0.3 is 5.97 Å². The van der Waals surface area contributed by atoms with Crippen molar-refractivity contribution in [1.82, 2.24) is 15.0 Å². The number of benzene rings is 2. The second-order valence-corrected chi connectivity index (χ2v) is 8.78. The fourth-order valence-corrected chi connectivity index (χ4v) is 4.26. The fraction of sp³-hybridized carbons (Fsp3) is 0.320. The summed E-state index contributed by atoms with van der Waals surface area (Å²) in [4.78, 5) is 37.3. The summed E-state index contributed by atoms with van der Waals surface area (Å²) in [5, 5.41) is 14.2. The Hall–Kier alpha value is -3.69. The third kappa shape index (κ3) is 5.27. The number of likely N-dealkylation sites (N-methyl/N-ethyl adjacent to an activating group) is 1. The Labute approximate surface area is 198 Å². The average molecular weight is 463 g/mol. The molecule has 1 aromatic heterocycles. The molecule has 1 aliphatic heterocycles. The second kappa shape index (κ2) is 10.1. The van der Waals surface area contributed by atoms with Crippen LogP contribution in [-0.2, 0) is 19.9 Å². The Morgan fingerprint density at radius 3 is 2.06 bits per heavy atom. The number of ether oxygens (including phenoxy) is 1. The summed E-state index contributed by atoms with van der Waals surface area (Å²) in [7, 11) is 2.00. The lowest BCUT2D eigenvalue weighted by atomic mass is 9.86. The number of esters is 1. The fourth-order valence-electron chi connectivity index (χ4n) is 4.26.